The molecule has 2 aromatic rings. The van der Waals surface area contributed by atoms with Crippen molar-refractivity contribution in [2.24, 2.45) is 0 Å². The van der Waals surface area contributed by atoms with Gasteiger partial charge in [-0.1, -0.05) is 30.3 Å². The fourth-order valence-electron chi connectivity index (χ4n) is 3.12. The van der Waals surface area contributed by atoms with Crippen molar-refractivity contribution in [1.82, 2.24) is 9.88 Å². The van der Waals surface area contributed by atoms with Gasteiger partial charge in [0.05, 0.1) is 0 Å². The van der Waals surface area contributed by atoms with Gasteiger partial charge >= 0.3 is 11.9 Å². The first-order valence-corrected chi connectivity index (χ1v) is 8.31. The van der Waals surface area contributed by atoms with Crippen LogP contribution in [0.5, 0.6) is 0 Å². The Hall–Kier alpha value is -2.15. The maximum absolute atomic E-state index is 12.5. The molecule has 1 atom stereocenters. The molecule has 0 spiro atoms. The second kappa shape index (κ2) is 10.9. The molecule has 1 aliphatic rings. The molecule has 3 rings (SSSR count). The Labute approximate surface area is 171 Å². The number of piperazine rings is 1. The SMILES string of the molecule is CC(=O)OC(=O)C(c1ccccc1)N1CCN(c2ccncc2)CC1.Cl.Cl. The molecule has 1 aromatic carbocycles. The molecule has 8 heteroatoms. The number of hydrogen-bond donors (Lipinski definition) is 0. The van der Waals surface area contributed by atoms with Crippen LogP contribution < -0.4 is 4.90 Å². The highest BCUT2D eigenvalue weighted by Gasteiger charge is 2.32. The van der Waals surface area contributed by atoms with Gasteiger partial charge in [-0.2, -0.15) is 0 Å². The van der Waals surface area contributed by atoms with Crippen LogP contribution in [-0.4, -0.2) is 48.0 Å². The number of halogens is 2. The fourth-order valence-corrected chi connectivity index (χ4v) is 3.12. The van der Waals surface area contributed by atoms with E-state index in [-0.39, 0.29) is 24.8 Å². The Morgan fingerprint density at radius 1 is 0.963 bits per heavy atom. The van der Waals surface area contributed by atoms with Gasteiger partial charge < -0.3 is 9.64 Å². The van der Waals surface area contributed by atoms with Gasteiger partial charge in [-0.25, -0.2) is 4.79 Å². The van der Waals surface area contributed by atoms with Gasteiger partial charge in [0.25, 0.3) is 0 Å². The summed E-state index contributed by atoms with van der Waals surface area (Å²) in [6.45, 7) is 4.24. The molecule has 1 aromatic heterocycles. The number of nitrogens with zero attached hydrogens (tertiary/aromatic N) is 3. The first-order valence-electron chi connectivity index (χ1n) is 8.31. The summed E-state index contributed by atoms with van der Waals surface area (Å²) in [7, 11) is 0. The van der Waals surface area contributed by atoms with Gasteiger partial charge in [-0.3, -0.25) is 14.7 Å². The summed E-state index contributed by atoms with van der Waals surface area (Å²) in [5, 5.41) is 0. The number of ether oxygens (including phenoxy) is 1. The van der Waals surface area contributed by atoms with Crippen molar-refractivity contribution in [1.29, 1.82) is 0 Å². The summed E-state index contributed by atoms with van der Waals surface area (Å²) in [5.74, 6) is -1.10. The number of rotatable bonds is 4. The smallest absolute Gasteiger partial charge is 0.335 e. The number of anilines is 1. The number of esters is 2. The largest absolute Gasteiger partial charge is 0.392 e. The Morgan fingerprint density at radius 3 is 2.11 bits per heavy atom. The molecule has 0 bridgehead atoms. The Morgan fingerprint density at radius 2 is 1.56 bits per heavy atom. The van der Waals surface area contributed by atoms with Crippen LogP contribution in [0.4, 0.5) is 5.69 Å². The normalized spacial score (nSPS) is 15.1. The molecule has 1 fully saturated rings. The monoisotopic (exact) mass is 411 g/mol. The van der Waals surface area contributed by atoms with Crippen LogP contribution >= 0.6 is 24.8 Å². The number of carbonyl (C=O) groups excluding carboxylic acids is 2. The molecule has 146 valence electrons. The van der Waals surface area contributed by atoms with Crippen molar-refractivity contribution in [2.75, 3.05) is 31.1 Å². The first-order chi connectivity index (χ1) is 12.1. The number of carbonyl (C=O) groups is 2. The molecule has 2 heterocycles. The molecule has 0 N–H and O–H groups in total. The topological polar surface area (TPSA) is 62.7 Å². The van der Waals surface area contributed by atoms with Gasteiger partial charge in [0.1, 0.15) is 6.04 Å². The van der Waals surface area contributed by atoms with Gasteiger partial charge in [-0.05, 0) is 17.7 Å². The third kappa shape index (κ3) is 5.92. The van der Waals surface area contributed by atoms with Crippen LogP contribution in [0.25, 0.3) is 0 Å². The minimum absolute atomic E-state index is 0. The van der Waals surface area contributed by atoms with E-state index in [1.54, 1.807) is 12.4 Å². The van der Waals surface area contributed by atoms with E-state index in [1.165, 1.54) is 6.92 Å². The van der Waals surface area contributed by atoms with E-state index in [9.17, 15) is 9.59 Å². The second-order valence-corrected chi connectivity index (χ2v) is 5.95. The third-order valence-electron chi connectivity index (χ3n) is 4.29. The van der Waals surface area contributed by atoms with Crippen LogP contribution in [-0.2, 0) is 14.3 Å². The van der Waals surface area contributed by atoms with Crippen LogP contribution in [0, 0.1) is 0 Å². The zero-order chi connectivity index (χ0) is 17.6. The maximum Gasteiger partial charge on any atom is 0.335 e. The van der Waals surface area contributed by atoms with Crippen molar-refractivity contribution >= 4 is 42.4 Å². The molecule has 27 heavy (non-hydrogen) atoms. The maximum atomic E-state index is 12.5. The summed E-state index contributed by atoms with van der Waals surface area (Å²) in [6.07, 6.45) is 3.55. The van der Waals surface area contributed by atoms with E-state index >= 15 is 0 Å². The second-order valence-electron chi connectivity index (χ2n) is 5.95. The summed E-state index contributed by atoms with van der Waals surface area (Å²) in [6, 6.07) is 12.8. The van der Waals surface area contributed by atoms with Crippen molar-refractivity contribution < 1.29 is 14.3 Å². The van der Waals surface area contributed by atoms with E-state index < -0.39 is 18.0 Å². The molecule has 0 amide bonds. The van der Waals surface area contributed by atoms with E-state index in [0.29, 0.717) is 13.1 Å². The number of aromatic nitrogens is 1. The van der Waals surface area contributed by atoms with Gasteiger partial charge in [0.2, 0.25) is 0 Å². The lowest BCUT2D eigenvalue weighted by Gasteiger charge is -2.39. The highest BCUT2D eigenvalue weighted by atomic mass is 35.5. The van der Waals surface area contributed by atoms with Crippen LogP contribution in [0.15, 0.2) is 54.9 Å². The standard InChI is InChI=1S/C19H21N3O3.2ClH/c1-15(23)25-19(24)18(16-5-3-2-4-6-16)22-13-11-21(12-14-22)17-7-9-20-10-8-17;;/h2-10,18H,11-14H2,1H3;2*1H. The van der Waals surface area contributed by atoms with E-state index in [2.05, 4.69) is 14.8 Å². The van der Waals surface area contributed by atoms with Gasteiger partial charge in [-0.15, -0.1) is 24.8 Å². The Bertz CT molecular complexity index is 723. The fraction of sp³-hybridized carbons (Fsp3) is 0.316. The molecule has 0 saturated carbocycles. The molecule has 6 nitrogen and oxygen atoms in total. The molecular formula is C19H23Cl2N3O3. The molecule has 1 aliphatic heterocycles. The van der Waals surface area contributed by atoms with Crippen LogP contribution in [0.3, 0.4) is 0 Å². The quantitative estimate of drug-likeness (QED) is 0.569. The summed E-state index contributed by atoms with van der Waals surface area (Å²) < 4.78 is 4.89. The van der Waals surface area contributed by atoms with Crippen LogP contribution in [0.2, 0.25) is 0 Å². The molecular weight excluding hydrogens is 389 g/mol. The zero-order valence-electron chi connectivity index (χ0n) is 15.0. The predicted octanol–water partition coefficient (Wildman–Crippen LogP) is 2.88. The van der Waals surface area contributed by atoms with Crippen molar-refractivity contribution in [3.05, 3.63) is 60.4 Å². The lowest BCUT2D eigenvalue weighted by molar-refractivity contribution is -0.162. The lowest BCUT2D eigenvalue weighted by atomic mass is 10.0. The molecule has 0 aliphatic carbocycles. The first kappa shape index (κ1) is 22.9. The minimum atomic E-state index is -0.582. The summed E-state index contributed by atoms with van der Waals surface area (Å²) in [5.41, 5.74) is 1.96. The average molecular weight is 412 g/mol. The predicted molar refractivity (Wildman–Crippen MR) is 108 cm³/mol. The summed E-state index contributed by atoms with van der Waals surface area (Å²) in [4.78, 5) is 32.1. The summed E-state index contributed by atoms with van der Waals surface area (Å²) >= 11 is 0. The van der Waals surface area contributed by atoms with Crippen molar-refractivity contribution in [2.45, 2.75) is 13.0 Å². The van der Waals surface area contributed by atoms with Crippen molar-refractivity contribution in [3.8, 4) is 0 Å². The molecule has 1 unspecified atom stereocenters. The molecule has 0 radical (unpaired) electrons. The van der Waals surface area contributed by atoms with E-state index in [0.717, 1.165) is 24.3 Å². The minimum Gasteiger partial charge on any atom is -0.392 e. The highest BCUT2D eigenvalue weighted by molar-refractivity contribution is 5.88. The molecule has 1 saturated heterocycles. The average Bonchev–Trinajstić information content (AvgIpc) is 2.63. The number of benzene rings is 1. The van der Waals surface area contributed by atoms with Gasteiger partial charge in [0.15, 0.2) is 0 Å². The van der Waals surface area contributed by atoms with Crippen LogP contribution in [0.1, 0.15) is 18.5 Å². The zero-order valence-corrected chi connectivity index (χ0v) is 16.6. The third-order valence-corrected chi connectivity index (χ3v) is 4.29. The lowest BCUT2D eigenvalue weighted by Crippen LogP contribution is -2.49. The van der Waals surface area contributed by atoms with Gasteiger partial charge in [0, 0.05) is 51.2 Å². The van der Waals surface area contributed by atoms with E-state index in [4.69, 9.17) is 4.74 Å². The number of hydrogen-bond acceptors (Lipinski definition) is 6. The highest BCUT2D eigenvalue weighted by Crippen LogP contribution is 2.25. The van der Waals surface area contributed by atoms with E-state index in [1.807, 2.05) is 42.5 Å². The van der Waals surface area contributed by atoms with Crippen molar-refractivity contribution in [3.63, 3.8) is 0 Å². The Kier molecular flexibility index (Phi) is 9.21. The Balaban J connectivity index is 0.00000182. The number of pyridine rings is 1.